The van der Waals surface area contributed by atoms with Gasteiger partial charge in [-0.3, -0.25) is 0 Å². The van der Waals surface area contributed by atoms with Gasteiger partial charge in [-0.05, 0) is 54.8 Å². The normalized spacial score (nSPS) is 14.6. The number of allylic oxidation sites excluding steroid dienone is 2. The van der Waals surface area contributed by atoms with Crippen LogP contribution in [-0.4, -0.2) is 15.1 Å². The van der Waals surface area contributed by atoms with Crippen molar-refractivity contribution in [2.24, 2.45) is 0 Å². The third kappa shape index (κ3) is 2.56. The lowest BCUT2D eigenvalue weighted by Gasteiger charge is -2.15. The fraction of sp³-hybridized carbons (Fsp3) is 0.130. The number of rotatable bonds is 3. The van der Waals surface area contributed by atoms with Crippen molar-refractivity contribution in [2.75, 3.05) is 0 Å². The molecule has 1 N–H and O–H groups in total. The molecule has 0 atom stereocenters. The van der Waals surface area contributed by atoms with Gasteiger partial charge in [0.1, 0.15) is 21.1 Å². The van der Waals surface area contributed by atoms with Gasteiger partial charge in [-0.2, -0.15) is 0 Å². The minimum absolute atomic E-state index is 0.175. The van der Waals surface area contributed by atoms with Gasteiger partial charge in [0, 0.05) is 5.56 Å². The first-order chi connectivity index (χ1) is 13.1. The van der Waals surface area contributed by atoms with Crippen LogP contribution in [0.25, 0.3) is 20.9 Å². The Labute approximate surface area is 161 Å². The highest BCUT2D eigenvalue weighted by Gasteiger charge is 2.39. The lowest BCUT2D eigenvalue weighted by molar-refractivity contribution is 0.467. The highest BCUT2D eigenvalue weighted by atomic mass is 32.1. The average molecular weight is 370 g/mol. The Kier molecular flexibility index (Phi) is 3.46. The summed E-state index contributed by atoms with van der Waals surface area (Å²) in [5.74, 6) is 0.352. The summed E-state index contributed by atoms with van der Waals surface area (Å²) in [4.78, 5) is 10.6. The summed E-state index contributed by atoms with van der Waals surface area (Å²) >= 11 is 1.60. The SMILES string of the molecule is Cc1cc(-c2nc3ccc(C4(c5ccccc5)C=C4)nc3s2)cc(C)c1O. The van der Waals surface area contributed by atoms with Gasteiger partial charge in [-0.25, -0.2) is 9.97 Å². The van der Waals surface area contributed by atoms with Gasteiger partial charge < -0.3 is 5.11 Å². The van der Waals surface area contributed by atoms with Crippen LogP contribution in [0, 0.1) is 13.8 Å². The zero-order valence-corrected chi connectivity index (χ0v) is 15.9. The zero-order chi connectivity index (χ0) is 18.6. The van der Waals surface area contributed by atoms with Crippen molar-refractivity contribution in [1.29, 1.82) is 0 Å². The molecule has 0 aliphatic heterocycles. The fourth-order valence-corrected chi connectivity index (χ4v) is 4.48. The minimum Gasteiger partial charge on any atom is -0.507 e. The first-order valence-electron chi connectivity index (χ1n) is 8.91. The van der Waals surface area contributed by atoms with Crippen molar-refractivity contribution in [1.82, 2.24) is 9.97 Å². The maximum Gasteiger partial charge on any atom is 0.144 e. The molecule has 0 saturated carbocycles. The lowest BCUT2D eigenvalue weighted by atomic mass is 9.89. The molecular formula is C23H18N2OS. The molecular weight excluding hydrogens is 352 g/mol. The zero-order valence-electron chi connectivity index (χ0n) is 15.1. The van der Waals surface area contributed by atoms with Crippen LogP contribution in [0.2, 0.25) is 0 Å². The van der Waals surface area contributed by atoms with E-state index in [0.29, 0.717) is 5.75 Å². The third-order valence-electron chi connectivity index (χ3n) is 5.17. The largest absolute Gasteiger partial charge is 0.507 e. The van der Waals surface area contributed by atoms with Crippen LogP contribution in [-0.2, 0) is 5.41 Å². The molecule has 0 saturated heterocycles. The Bertz CT molecular complexity index is 1180. The lowest BCUT2D eigenvalue weighted by Crippen LogP contribution is -2.12. The fourth-order valence-electron chi connectivity index (χ4n) is 3.56. The van der Waals surface area contributed by atoms with Gasteiger partial charge in [0.05, 0.1) is 11.1 Å². The minimum atomic E-state index is -0.175. The molecule has 1 aliphatic rings. The summed E-state index contributed by atoms with van der Waals surface area (Å²) in [6.45, 7) is 3.83. The molecule has 0 bridgehead atoms. The molecule has 0 unspecified atom stereocenters. The highest BCUT2D eigenvalue weighted by molar-refractivity contribution is 7.21. The van der Waals surface area contributed by atoms with Gasteiger partial charge in [-0.15, -0.1) is 0 Å². The Morgan fingerprint density at radius 1 is 0.889 bits per heavy atom. The van der Waals surface area contributed by atoms with E-state index in [-0.39, 0.29) is 5.41 Å². The molecule has 27 heavy (non-hydrogen) atoms. The van der Waals surface area contributed by atoms with E-state index in [9.17, 15) is 5.11 Å². The van der Waals surface area contributed by atoms with E-state index in [1.807, 2.05) is 32.0 Å². The molecule has 132 valence electrons. The van der Waals surface area contributed by atoms with Crippen LogP contribution in [0.15, 0.2) is 66.7 Å². The second-order valence-electron chi connectivity index (χ2n) is 7.07. The number of phenolic OH excluding ortho intramolecular Hbond substituents is 1. The maximum absolute atomic E-state index is 10.0. The van der Waals surface area contributed by atoms with Crippen molar-refractivity contribution >= 4 is 21.7 Å². The van der Waals surface area contributed by atoms with Crippen LogP contribution >= 0.6 is 11.3 Å². The van der Waals surface area contributed by atoms with Gasteiger partial charge >= 0.3 is 0 Å². The average Bonchev–Trinajstić information content (AvgIpc) is 3.39. The Hall–Kier alpha value is -2.98. The number of aromatic hydroxyl groups is 1. The topological polar surface area (TPSA) is 46.0 Å². The van der Waals surface area contributed by atoms with Gasteiger partial charge in [0.25, 0.3) is 0 Å². The van der Waals surface area contributed by atoms with E-state index in [1.165, 1.54) is 5.56 Å². The number of nitrogens with zero attached hydrogens (tertiary/aromatic N) is 2. The first-order valence-corrected chi connectivity index (χ1v) is 9.73. The second kappa shape index (κ2) is 5.76. The molecule has 2 aromatic heterocycles. The van der Waals surface area contributed by atoms with Crippen LogP contribution in [0.3, 0.4) is 0 Å². The van der Waals surface area contributed by atoms with Crippen LogP contribution in [0.4, 0.5) is 0 Å². The molecule has 2 heterocycles. The summed E-state index contributed by atoms with van der Waals surface area (Å²) in [6, 6.07) is 18.6. The number of benzene rings is 2. The maximum atomic E-state index is 10.0. The quantitative estimate of drug-likeness (QED) is 0.482. The van der Waals surface area contributed by atoms with Gasteiger partial charge in [-0.1, -0.05) is 53.8 Å². The molecule has 1 aliphatic carbocycles. The molecule has 3 nitrogen and oxygen atoms in total. The Morgan fingerprint density at radius 3 is 2.26 bits per heavy atom. The predicted molar refractivity (Wildman–Crippen MR) is 110 cm³/mol. The standard InChI is InChI=1S/C23H18N2OS/c1-14-12-16(13-15(2)20(14)26)21-24-18-8-9-19(25-22(18)27-21)23(10-11-23)17-6-4-3-5-7-17/h3-13,26H,1-2H3. The Morgan fingerprint density at radius 2 is 1.59 bits per heavy atom. The number of pyridine rings is 1. The van der Waals surface area contributed by atoms with Crippen LogP contribution in [0.5, 0.6) is 5.75 Å². The highest BCUT2D eigenvalue weighted by Crippen LogP contribution is 2.45. The van der Waals surface area contributed by atoms with E-state index >= 15 is 0 Å². The number of aryl methyl sites for hydroxylation is 2. The number of fused-ring (bicyclic) bond motifs is 1. The van der Waals surface area contributed by atoms with Crippen molar-refractivity contribution in [3.05, 3.63) is 89.1 Å². The molecule has 0 fully saturated rings. The first kappa shape index (κ1) is 16.2. The van der Waals surface area contributed by atoms with E-state index in [4.69, 9.17) is 9.97 Å². The van der Waals surface area contributed by atoms with Crippen molar-refractivity contribution in [3.8, 4) is 16.3 Å². The van der Waals surface area contributed by atoms with Crippen molar-refractivity contribution < 1.29 is 5.11 Å². The molecule has 2 aromatic carbocycles. The summed E-state index contributed by atoms with van der Waals surface area (Å²) < 4.78 is 0. The van der Waals surface area contributed by atoms with E-state index in [0.717, 1.165) is 37.7 Å². The summed E-state index contributed by atoms with van der Waals surface area (Å²) in [5.41, 5.74) is 5.76. The van der Waals surface area contributed by atoms with E-state index in [1.54, 1.807) is 11.3 Å². The molecule has 0 amide bonds. The number of phenols is 1. The Balaban J connectivity index is 1.59. The third-order valence-corrected chi connectivity index (χ3v) is 6.18. The molecule has 0 spiro atoms. The van der Waals surface area contributed by atoms with E-state index in [2.05, 4.69) is 48.6 Å². The predicted octanol–water partition coefficient (Wildman–Crippen LogP) is 5.54. The van der Waals surface area contributed by atoms with E-state index < -0.39 is 0 Å². The monoisotopic (exact) mass is 370 g/mol. The second-order valence-corrected chi connectivity index (χ2v) is 8.04. The number of aromatic nitrogens is 2. The smallest absolute Gasteiger partial charge is 0.144 e. The summed E-state index contributed by atoms with van der Waals surface area (Å²) in [6.07, 6.45) is 4.40. The number of hydrogen-bond acceptors (Lipinski definition) is 4. The molecule has 5 rings (SSSR count). The van der Waals surface area contributed by atoms with Crippen LogP contribution in [0.1, 0.15) is 22.4 Å². The molecule has 4 heteroatoms. The van der Waals surface area contributed by atoms with Crippen molar-refractivity contribution in [3.63, 3.8) is 0 Å². The van der Waals surface area contributed by atoms with Gasteiger partial charge in [0.2, 0.25) is 0 Å². The summed E-state index contributed by atoms with van der Waals surface area (Å²) in [7, 11) is 0. The number of thiazole rings is 1. The van der Waals surface area contributed by atoms with Gasteiger partial charge in [0.15, 0.2) is 0 Å². The molecule has 0 radical (unpaired) electrons. The van der Waals surface area contributed by atoms with Crippen LogP contribution < -0.4 is 0 Å². The number of hydrogen-bond donors (Lipinski definition) is 1. The van der Waals surface area contributed by atoms with Crippen molar-refractivity contribution in [2.45, 2.75) is 19.3 Å². The summed E-state index contributed by atoms with van der Waals surface area (Å²) in [5, 5.41) is 11.0. The molecule has 4 aromatic rings.